The average molecular weight is 238 g/mol. The summed E-state index contributed by atoms with van der Waals surface area (Å²) in [5, 5.41) is 0. The lowest BCUT2D eigenvalue weighted by atomic mass is 8.85. The van der Waals surface area contributed by atoms with Gasteiger partial charge < -0.3 is 0 Å². The van der Waals surface area contributed by atoms with Gasteiger partial charge in [0.15, 0.2) is 0 Å². The average Bonchev–Trinajstić information content (AvgIpc) is 2.38. The third kappa shape index (κ3) is 3.14. The van der Waals surface area contributed by atoms with Crippen molar-refractivity contribution < 1.29 is 0 Å². The molecule has 0 unspecified atom stereocenters. The first-order valence-electron chi connectivity index (χ1n) is 7.84. The molecule has 19 heavy (non-hydrogen) atoms. The Kier molecular flexibility index (Phi) is 5.83. The Hall–Kier alpha value is -0.131. The summed E-state index contributed by atoms with van der Waals surface area (Å²) in [4.78, 5) is 0. The van der Waals surface area contributed by atoms with Crippen LogP contribution in [-0.4, -0.2) is 73.0 Å². The summed E-state index contributed by atoms with van der Waals surface area (Å²) in [6.07, 6.45) is 0.697. The van der Waals surface area contributed by atoms with Gasteiger partial charge in [-0.15, -0.1) is 10.9 Å². The van der Waals surface area contributed by atoms with Crippen LogP contribution in [0.15, 0.2) is 0 Å². The lowest BCUT2D eigenvalue weighted by Gasteiger charge is -2.28. The van der Waals surface area contributed by atoms with Crippen molar-refractivity contribution in [3.8, 4) is 0 Å². The topological polar surface area (TPSA) is 0 Å². The second-order valence-corrected chi connectivity index (χ2v) is 6.67. The van der Waals surface area contributed by atoms with Gasteiger partial charge in [-0.25, -0.2) is 0 Å². The van der Waals surface area contributed by atoms with E-state index in [1.54, 1.807) is 10.9 Å². The van der Waals surface area contributed by atoms with Crippen LogP contribution in [0.4, 0.5) is 0 Å². The highest BCUT2D eigenvalue weighted by Gasteiger charge is 2.26. The van der Waals surface area contributed by atoms with E-state index in [4.69, 9.17) is 0 Å². The Morgan fingerprint density at radius 2 is 1.37 bits per heavy atom. The maximum atomic E-state index is 2.40. The molecule has 0 amide bonds. The fourth-order valence-corrected chi connectivity index (χ4v) is 3.13. The molecule has 1 aromatic carbocycles. The van der Waals surface area contributed by atoms with E-state index in [2.05, 4.69) is 67.3 Å². The predicted molar refractivity (Wildman–Crippen MR) is 115 cm³/mol. The van der Waals surface area contributed by atoms with E-state index in [0.29, 0.717) is 19.4 Å². The van der Waals surface area contributed by atoms with Gasteiger partial charge in [-0.1, -0.05) is 22.2 Å². The Morgan fingerprint density at radius 1 is 0.842 bits per heavy atom. The maximum Gasteiger partial charge on any atom is 0.139 e. The van der Waals surface area contributed by atoms with Crippen molar-refractivity contribution in [2.24, 2.45) is 0 Å². The van der Waals surface area contributed by atoms with Crippen LogP contribution >= 0.6 is 0 Å². The molecule has 1 rings (SSSR count). The first kappa shape index (κ1) is 16.9. The van der Waals surface area contributed by atoms with Gasteiger partial charge in [0.2, 0.25) is 0 Å². The summed E-state index contributed by atoms with van der Waals surface area (Å²) >= 11 is 0. The monoisotopic (exact) mass is 240 g/mol. The van der Waals surface area contributed by atoms with E-state index in [-0.39, 0.29) is 0 Å². The molecule has 0 atom stereocenters. The molecular weight excluding hydrogens is 216 g/mol. The molecule has 0 bridgehead atoms. The molecule has 0 aliphatic heterocycles. The molecule has 0 N–H and O–H groups in total. The van der Waals surface area contributed by atoms with Gasteiger partial charge in [0.25, 0.3) is 0 Å². The molecule has 0 spiro atoms. The van der Waals surface area contributed by atoms with Crippen LogP contribution < -0.4 is 16.4 Å². The van der Waals surface area contributed by atoms with Crippen LogP contribution in [0.1, 0.15) is 16.7 Å². The number of benzene rings is 1. The van der Waals surface area contributed by atoms with E-state index in [0.717, 1.165) is 0 Å². The van der Waals surface area contributed by atoms with Gasteiger partial charge in [-0.05, 0) is 20.8 Å². The molecule has 88 valence electrons. The molecule has 0 aliphatic rings. The molecule has 0 saturated carbocycles. The highest BCUT2D eigenvalue weighted by atomic mass is 14.1. The summed E-state index contributed by atoms with van der Waals surface area (Å²) in [6, 6.07) is 0. The van der Waals surface area contributed by atoms with E-state index >= 15 is 0 Å². The molecule has 0 saturated heterocycles. The summed E-state index contributed by atoms with van der Waals surface area (Å²) in [6.45, 7) is 8.23. The molecule has 0 radical (unpaired) electrons. The molecule has 0 nitrogen and oxygen atoms in total. The largest absolute Gasteiger partial charge is 0.139 e. The van der Waals surface area contributed by atoms with Crippen molar-refractivity contribution in [3.05, 3.63) is 16.7 Å². The van der Waals surface area contributed by atoms with Crippen molar-refractivity contribution >= 4 is 89.4 Å². The minimum absolute atomic E-state index is 0.641. The number of rotatable bonds is 4. The van der Waals surface area contributed by atoms with E-state index in [1.807, 2.05) is 0 Å². The van der Waals surface area contributed by atoms with Gasteiger partial charge in [-0.2, -0.15) is 0 Å². The highest BCUT2D eigenvalue weighted by Crippen LogP contribution is 2.04. The fraction of sp³-hybridized carbons (Fsp3) is 0.333. The Morgan fingerprint density at radius 3 is 1.79 bits per heavy atom. The zero-order chi connectivity index (χ0) is 14.9. The SMILES string of the molecule is BBB(B)c1c(C)c(C)c(B)c(C)c1B(B)B(B)B. The maximum absolute atomic E-state index is 2.40. The smallest absolute Gasteiger partial charge is 0.103 e. The van der Waals surface area contributed by atoms with Crippen molar-refractivity contribution in [3.63, 3.8) is 0 Å². The Balaban J connectivity index is 3.66. The van der Waals surface area contributed by atoms with Crippen molar-refractivity contribution in [1.82, 2.24) is 0 Å². The summed E-state index contributed by atoms with van der Waals surface area (Å²) < 4.78 is 0. The second-order valence-electron chi connectivity index (χ2n) is 6.67. The summed E-state index contributed by atoms with van der Waals surface area (Å²) in [7, 11) is 15.3. The van der Waals surface area contributed by atoms with Crippen molar-refractivity contribution in [2.45, 2.75) is 20.8 Å². The van der Waals surface area contributed by atoms with Crippen molar-refractivity contribution in [1.29, 1.82) is 0 Å². The molecule has 0 aromatic heterocycles. The first-order chi connectivity index (χ1) is 8.73. The lowest BCUT2D eigenvalue weighted by molar-refractivity contribution is 1.37. The fourth-order valence-electron chi connectivity index (χ4n) is 3.13. The van der Waals surface area contributed by atoms with Crippen LogP contribution in [-0.2, 0) is 0 Å². The normalized spacial score (nSPS) is 10.1. The second kappa shape index (κ2) is 6.55. The molecule has 0 heterocycles. The van der Waals surface area contributed by atoms with Crippen LogP contribution in [0.5, 0.6) is 0 Å². The van der Waals surface area contributed by atoms with Gasteiger partial charge in [0.05, 0.1) is 58.7 Å². The van der Waals surface area contributed by atoms with E-state index in [1.165, 1.54) is 29.2 Å². The van der Waals surface area contributed by atoms with Crippen LogP contribution in [0.25, 0.3) is 0 Å². The number of hydrogen-bond acceptors (Lipinski definition) is 0. The van der Waals surface area contributed by atoms with Gasteiger partial charge >= 0.3 is 0 Å². The first-order valence-corrected chi connectivity index (χ1v) is 7.84. The van der Waals surface area contributed by atoms with Crippen LogP contribution in [0.3, 0.4) is 0 Å². The van der Waals surface area contributed by atoms with E-state index in [9.17, 15) is 0 Å². The Bertz CT molecular complexity index is 471. The van der Waals surface area contributed by atoms with Crippen LogP contribution in [0, 0.1) is 20.8 Å². The zero-order valence-corrected chi connectivity index (χ0v) is 14.4. The summed E-state index contributed by atoms with van der Waals surface area (Å²) in [5.41, 5.74) is 9.30. The minimum atomic E-state index is 0.641. The molecular formula is C9H22B10. The van der Waals surface area contributed by atoms with Gasteiger partial charge in [-0.3, -0.25) is 0 Å². The summed E-state index contributed by atoms with van der Waals surface area (Å²) in [5.74, 6) is 0. The third-order valence-electron chi connectivity index (χ3n) is 5.35. The van der Waals surface area contributed by atoms with Gasteiger partial charge in [0, 0.05) is 6.39 Å². The highest BCUT2D eigenvalue weighted by molar-refractivity contribution is 7.70. The molecule has 10 heteroatoms. The molecule has 1 aromatic rings. The minimum Gasteiger partial charge on any atom is -0.103 e. The lowest BCUT2D eigenvalue weighted by Crippen LogP contribution is -2.62. The van der Waals surface area contributed by atoms with Gasteiger partial charge in [0.1, 0.15) is 7.85 Å². The van der Waals surface area contributed by atoms with E-state index < -0.39 is 0 Å². The third-order valence-corrected chi connectivity index (χ3v) is 5.35. The van der Waals surface area contributed by atoms with Crippen molar-refractivity contribution in [2.75, 3.05) is 0 Å². The molecule has 0 aliphatic carbocycles. The molecule has 0 fully saturated rings. The Labute approximate surface area is 127 Å². The number of hydrogen-bond donors (Lipinski definition) is 0. The predicted octanol–water partition coefficient (Wildman–Crippen LogP) is -7.15. The van der Waals surface area contributed by atoms with Crippen LogP contribution in [0.2, 0.25) is 0 Å². The zero-order valence-electron chi connectivity index (χ0n) is 14.4. The standard InChI is InChI=1S/C9H22B10/c1-4-5(2)8(17(12)16-11)9(6(3)7(4)10)18(13)19(14)15/h16H,10-15H2,1-3H3. The quantitative estimate of drug-likeness (QED) is 0.457.